The molecular weight excluding hydrogens is 364 g/mol. The third-order valence-corrected chi connectivity index (χ3v) is 5.76. The minimum atomic E-state index is -3.24. The molecule has 0 aliphatic rings. The van der Waals surface area contributed by atoms with E-state index in [1.807, 2.05) is 24.3 Å². The van der Waals surface area contributed by atoms with Gasteiger partial charge in [0.05, 0.1) is 6.26 Å². The number of hydrogen-bond acceptors (Lipinski definition) is 4. The summed E-state index contributed by atoms with van der Waals surface area (Å²) in [5.41, 5.74) is 4.39. The standard InChI is InChI=1S/C20H30N2O2S2/c1-4-21-12-6-5-7-16(2)13-18-14-25-15-20(18)17-8-10-19(11-9-17)22-26(3,23)24/h8-11,14-16,21-22H,4-7,12-13H2,1-3H3. The molecule has 2 aromatic rings. The first-order chi connectivity index (χ1) is 12.4. The van der Waals surface area contributed by atoms with E-state index in [1.54, 1.807) is 11.3 Å². The van der Waals surface area contributed by atoms with Crippen molar-refractivity contribution in [1.29, 1.82) is 0 Å². The number of benzene rings is 1. The van der Waals surface area contributed by atoms with E-state index in [1.165, 1.54) is 30.4 Å². The number of hydrogen-bond donors (Lipinski definition) is 2. The van der Waals surface area contributed by atoms with Gasteiger partial charge < -0.3 is 5.32 Å². The molecular formula is C20H30N2O2S2. The third kappa shape index (κ3) is 7.09. The molecule has 4 nitrogen and oxygen atoms in total. The van der Waals surface area contributed by atoms with Gasteiger partial charge in [-0.25, -0.2) is 8.42 Å². The van der Waals surface area contributed by atoms with Crippen LogP contribution in [0.5, 0.6) is 0 Å². The maximum atomic E-state index is 11.3. The second-order valence-electron chi connectivity index (χ2n) is 6.92. The van der Waals surface area contributed by atoms with Gasteiger partial charge in [0, 0.05) is 5.69 Å². The fraction of sp³-hybridized carbons (Fsp3) is 0.500. The van der Waals surface area contributed by atoms with Crippen molar-refractivity contribution in [1.82, 2.24) is 5.32 Å². The van der Waals surface area contributed by atoms with Gasteiger partial charge in [0.25, 0.3) is 0 Å². The lowest BCUT2D eigenvalue weighted by Gasteiger charge is -2.13. The smallest absolute Gasteiger partial charge is 0.229 e. The molecule has 0 spiro atoms. The molecule has 0 aliphatic carbocycles. The highest BCUT2D eigenvalue weighted by molar-refractivity contribution is 7.92. The maximum Gasteiger partial charge on any atom is 0.229 e. The van der Waals surface area contributed by atoms with E-state index in [9.17, 15) is 8.42 Å². The van der Waals surface area contributed by atoms with Gasteiger partial charge >= 0.3 is 0 Å². The van der Waals surface area contributed by atoms with Crippen LogP contribution in [0.3, 0.4) is 0 Å². The molecule has 2 rings (SSSR count). The fourth-order valence-corrected chi connectivity index (χ4v) is 4.51. The largest absolute Gasteiger partial charge is 0.317 e. The molecule has 0 amide bonds. The molecule has 144 valence electrons. The number of sulfonamides is 1. The van der Waals surface area contributed by atoms with Crippen LogP contribution in [-0.2, 0) is 16.4 Å². The molecule has 1 unspecified atom stereocenters. The van der Waals surface area contributed by atoms with Crippen LogP contribution in [0.4, 0.5) is 5.69 Å². The zero-order valence-corrected chi connectivity index (χ0v) is 17.6. The maximum absolute atomic E-state index is 11.3. The lowest BCUT2D eigenvalue weighted by molar-refractivity contribution is 0.489. The van der Waals surface area contributed by atoms with Crippen molar-refractivity contribution in [3.05, 3.63) is 40.6 Å². The molecule has 0 saturated heterocycles. The van der Waals surface area contributed by atoms with E-state index >= 15 is 0 Å². The quantitative estimate of drug-likeness (QED) is 0.541. The monoisotopic (exact) mass is 394 g/mol. The third-order valence-electron chi connectivity index (χ3n) is 4.36. The van der Waals surface area contributed by atoms with Crippen molar-refractivity contribution in [2.75, 3.05) is 24.1 Å². The Morgan fingerprint density at radius 3 is 2.50 bits per heavy atom. The zero-order valence-electron chi connectivity index (χ0n) is 15.9. The highest BCUT2D eigenvalue weighted by atomic mass is 32.2. The minimum Gasteiger partial charge on any atom is -0.317 e. The summed E-state index contributed by atoms with van der Waals surface area (Å²) in [6.45, 7) is 6.63. The Balaban J connectivity index is 1.95. The normalized spacial score (nSPS) is 12.9. The minimum absolute atomic E-state index is 0.599. The summed E-state index contributed by atoms with van der Waals surface area (Å²) in [4.78, 5) is 0. The van der Waals surface area contributed by atoms with E-state index < -0.39 is 10.0 Å². The number of thiophene rings is 1. The molecule has 2 N–H and O–H groups in total. The van der Waals surface area contributed by atoms with Crippen LogP contribution in [0.1, 0.15) is 38.7 Å². The Morgan fingerprint density at radius 1 is 1.12 bits per heavy atom. The van der Waals surface area contributed by atoms with Crippen molar-refractivity contribution >= 4 is 27.0 Å². The lowest BCUT2D eigenvalue weighted by atomic mass is 9.93. The highest BCUT2D eigenvalue weighted by Gasteiger charge is 2.11. The molecule has 1 heterocycles. The summed E-state index contributed by atoms with van der Waals surface area (Å²) >= 11 is 1.73. The van der Waals surface area contributed by atoms with E-state index in [0.29, 0.717) is 11.6 Å². The van der Waals surface area contributed by atoms with Gasteiger partial charge in [0.2, 0.25) is 10.0 Å². The fourth-order valence-electron chi connectivity index (χ4n) is 3.06. The van der Waals surface area contributed by atoms with Crippen LogP contribution in [0.2, 0.25) is 0 Å². The molecule has 1 aromatic heterocycles. The Hall–Kier alpha value is -1.37. The summed E-state index contributed by atoms with van der Waals surface area (Å²) < 4.78 is 25.1. The van der Waals surface area contributed by atoms with Crippen molar-refractivity contribution in [3.63, 3.8) is 0 Å². The van der Waals surface area contributed by atoms with Crippen LogP contribution in [0.25, 0.3) is 11.1 Å². The Morgan fingerprint density at radius 2 is 1.85 bits per heavy atom. The summed E-state index contributed by atoms with van der Waals surface area (Å²) in [6, 6.07) is 7.62. The van der Waals surface area contributed by atoms with Crippen molar-refractivity contribution in [2.24, 2.45) is 5.92 Å². The molecule has 26 heavy (non-hydrogen) atoms. The van der Waals surface area contributed by atoms with Gasteiger partial charge in [0.15, 0.2) is 0 Å². The molecule has 0 radical (unpaired) electrons. The molecule has 6 heteroatoms. The first-order valence-corrected chi connectivity index (χ1v) is 12.1. The van der Waals surface area contributed by atoms with Crippen LogP contribution in [0.15, 0.2) is 35.0 Å². The van der Waals surface area contributed by atoms with Crippen LogP contribution >= 0.6 is 11.3 Å². The summed E-state index contributed by atoms with van der Waals surface area (Å²) in [7, 11) is -3.24. The summed E-state index contributed by atoms with van der Waals surface area (Å²) in [5, 5.41) is 7.81. The first kappa shape index (κ1) is 20.9. The SMILES string of the molecule is CCNCCCCC(C)Cc1cscc1-c1ccc(NS(C)(=O)=O)cc1. The molecule has 1 atom stereocenters. The molecule has 0 bridgehead atoms. The molecule has 0 fully saturated rings. The van der Waals surface area contributed by atoms with Gasteiger partial charge in [0.1, 0.15) is 0 Å². The van der Waals surface area contributed by atoms with Crippen LogP contribution < -0.4 is 10.0 Å². The van der Waals surface area contributed by atoms with Crippen LogP contribution in [0, 0.1) is 5.92 Å². The van der Waals surface area contributed by atoms with Crippen LogP contribution in [-0.4, -0.2) is 27.8 Å². The van der Waals surface area contributed by atoms with Crippen molar-refractivity contribution < 1.29 is 8.42 Å². The van der Waals surface area contributed by atoms with Crippen molar-refractivity contribution in [3.8, 4) is 11.1 Å². The molecule has 0 aliphatic heterocycles. The average molecular weight is 395 g/mol. The first-order valence-electron chi connectivity index (χ1n) is 9.23. The van der Waals surface area contributed by atoms with E-state index in [4.69, 9.17) is 0 Å². The van der Waals surface area contributed by atoms with E-state index in [2.05, 4.69) is 34.6 Å². The number of nitrogens with one attached hydrogen (secondary N) is 2. The van der Waals surface area contributed by atoms with Gasteiger partial charge in [-0.1, -0.05) is 38.8 Å². The van der Waals surface area contributed by atoms with E-state index in [-0.39, 0.29) is 0 Å². The van der Waals surface area contributed by atoms with Gasteiger partial charge in [-0.15, -0.1) is 0 Å². The molecule has 0 saturated carbocycles. The Kier molecular flexibility index (Phi) is 8.13. The van der Waals surface area contributed by atoms with Gasteiger partial charge in [-0.05, 0) is 71.4 Å². The Bertz CT molecular complexity index is 767. The zero-order chi connectivity index (χ0) is 19.0. The Labute approximate surface area is 162 Å². The van der Waals surface area contributed by atoms with E-state index in [0.717, 1.165) is 31.3 Å². The predicted molar refractivity (Wildman–Crippen MR) is 113 cm³/mol. The summed E-state index contributed by atoms with van der Waals surface area (Å²) in [5.74, 6) is 0.663. The average Bonchev–Trinajstić information content (AvgIpc) is 3.02. The lowest BCUT2D eigenvalue weighted by Crippen LogP contribution is -2.14. The molecule has 1 aromatic carbocycles. The van der Waals surface area contributed by atoms with Gasteiger partial charge in [-0.3, -0.25) is 4.72 Å². The van der Waals surface area contributed by atoms with Crippen molar-refractivity contribution in [2.45, 2.75) is 39.5 Å². The number of rotatable bonds is 11. The number of unbranched alkanes of at least 4 members (excludes halogenated alkanes) is 1. The van der Waals surface area contributed by atoms with Gasteiger partial charge in [-0.2, -0.15) is 11.3 Å². The predicted octanol–water partition coefficient (Wildman–Crippen LogP) is 4.75. The topological polar surface area (TPSA) is 58.2 Å². The second kappa shape index (κ2) is 10.1. The summed E-state index contributed by atoms with van der Waals surface area (Å²) in [6.07, 6.45) is 6.00. The highest BCUT2D eigenvalue weighted by Crippen LogP contribution is 2.31. The number of anilines is 1. The second-order valence-corrected chi connectivity index (χ2v) is 9.41.